The van der Waals surface area contributed by atoms with Gasteiger partial charge >= 0.3 is 0 Å². The van der Waals surface area contributed by atoms with E-state index in [1.807, 2.05) is 0 Å². The van der Waals surface area contributed by atoms with Crippen molar-refractivity contribution < 1.29 is 0 Å². The molecule has 0 saturated carbocycles. The quantitative estimate of drug-likeness (QED) is 0.618. The number of hydrogen-bond acceptors (Lipinski definition) is 2. The molecule has 1 heterocycles. The van der Waals surface area contributed by atoms with Crippen LogP contribution in [0.15, 0.2) is 0 Å². The van der Waals surface area contributed by atoms with E-state index in [1.165, 1.54) is 19.4 Å². The number of hydrogen-bond donors (Lipinski definition) is 1. The summed E-state index contributed by atoms with van der Waals surface area (Å²) in [5, 5.41) is 0. The molecule has 2 N–H and O–H groups in total. The smallest absolute Gasteiger partial charge is 0.0221 e. The normalized spacial score (nSPS) is 34.6. The van der Waals surface area contributed by atoms with Crippen molar-refractivity contribution in [3.8, 4) is 0 Å². The third-order valence-corrected chi connectivity index (χ3v) is 2.76. The standard InChI is InChI=1S/C9H20N2/c1-7(2)11-6-4-5-9(10)8(11)3/h7-9H,4-6,10H2,1-3H3/t8-,9+/m0/s1. The number of likely N-dealkylation sites (tertiary alicyclic amines) is 1. The highest BCUT2D eigenvalue weighted by molar-refractivity contribution is 4.84. The van der Waals surface area contributed by atoms with Gasteiger partial charge in [0.2, 0.25) is 0 Å². The zero-order chi connectivity index (χ0) is 8.43. The van der Waals surface area contributed by atoms with Gasteiger partial charge in [-0.3, -0.25) is 4.90 Å². The average Bonchev–Trinajstić information content (AvgIpc) is 1.94. The van der Waals surface area contributed by atoms with E-state index in [1.54, 1.807) is 0 Å². The molecule has 1 saturated heterocycles. The predicted molar refractivity (Wildman–Crippen MR) is 48.5 cm³/mol. The minimum atomic E-state index is 0.395. The maximum absolute atomic E-state index is 5.96. The maximum atomic E-state index is 5.96. The molecule has 1 fully saturated rings. The van der Waals surface area contributed by atoms with Gasteiger partial charge in [0.1, 0.15) is 0 Å². The van der Waals surface area contributed by atoms with E-state index >= 15 is 0 Å². The van der Waals surface area contributed by atoms with E-state index in [0.29, 0.717) is 18.1 Å². The van der Waals surface area contributed by atoms with Crippen LogP contribution in [-0.2, 0) is 0 Å². The molecule has 1 rings (SSSR count). The van der Waals surface area contributed by atoms with Crippen molar-refractivity contribution in [2.75, 3.05) is 6.54 Å². The number of nitrogens with zero attached hydrogens (tertiary/aromatic N) is 1. The lowest BCUT2D eigenvalue weighted by Crippen LogP contribution is -2.52. The van der Waals surface area contributed by atoms with Crippen LogP contribution in [0.4, 0.5) is 0 Å². The van der Waals surface area contributed by atoms with Crippen LogP contribution >= 0.6 is 0 Å². The lowest BCUT2D eigenvalue weighted by Gasteiger charge is -2.40. The minimum absolute atomic E-state index is 0.395. The summed E-state index contributed by atoms with van der Waals surface area (Å²) in [5.74, 6) is 0. The van der Waals surface area contributed by atoms with Crippen LogP contribution in [-0.4, -0.2) is 29.6 Å². The van der Waals surface area contributed by atoms with Gasteiger partial charge in [-0.1, -0.05) is 0 Å². The van der Waals surface area contributed by atoms with Gasteiger partial charge in [-0.2, -0.15) is 0 Å². The monoisotopic (exact) mass is 156 g/mol. The van der Waals surface area contributed by atoms with Gasteiger partial charge in [0.25, 0.3) is 0 Å². The van der Waals surface area contributed by atoms with E-state index in [4.69, 9.17) is 5.73 Å². The van der Waals surface area contributed by atoms with Crippen molar-refractivity contribution in [1.29, 1.82) is 0 Å². The van der Waals surface area contributed by atoms with Gasteiger partial charge in [0.05, 0.1) is 0 Å². The molecule has 0 unspecified atom stereocenters. The highest BCUT2D eigenvalue weighted by atomic mass is 15.2. The average molecular weight is 156 g/mol. The molecule has 0 aromatic heterocycles. The fourth-order valence-electron chi connectivity index (χ4n) is 1.93. The van der Waals surface area contributed by atoms with Gasteiger partial charge in [-0.25, -0.2) is 0 Å². The second-order valence-corrected chi connectivity index (χ2v) is 3.88. The van der Waals surface area contributed by atoms with E-state index < -0.39 is 0 Å². The van der Waals surface area contributed by atoms with E-state index in [0.717, 1.165) is 0 Å². The molecule has 0 radical (unpaired) electrons. The first kappa shape index (κ1) is 9.01. The van der Waals surface area contributed by atoms with Crippen LogP contribution in [0.1, 0.15) is 33.6 Å². The van der Waals surface area contributed by atoms with E-state index in [-0.39, 0.29) is 0 Å². The van der Waals surface area contributed by atoms with E-state index in [9.17, 15) is 0 Å². The van der Waals surface area contributed by atoms with Crippen LogP contribution in [0.2, 0.25) is 0 Å². The molecule has 0 spiro atoms. The van der Waals surface area contributed by atoms with Gasteiger partial charge in [-0.15, -0.1) is 0 Å². The van der Waals surface area contributed by atoms with Crippen LogP contribution < -0.4 is 5.73 Å². The van der Waals surface area contributed by atoms with Gasteiger partial charge in [0, 0.05) is 18.1 Å². The molecule has 2 nitrogen and oxygen atoms in total. The zero-order valence-corrected chi connectivity index (χ0v) is 7.88. The fraction of sp³-hybridized carbons (Fsp3) is 1.00. The van der Waals surface area contributed by atoms with Crippen molar-refractivity contribution in [1.82, 2.24) is 4.90 Å². The van der Waals surface area contributed by atoms with Crippen molar-refractivity contribution in [2.24, 2.45) is 5.73 Å². The summed E-state index contributed by atoms with van der Waals surface area (Å²) in [6, 6.07) is 1.62. The van der Waals surface area contributed by atoms with Crippen LogP contribution in [0.25, 0.3) is 0 Å². The summed E-state index contributed by atoms with van der Waals surface area (Å²) in [7, 11) is 0. The largest absolute Gasteiger partial charge is 0.326 e. The zero-order valence-electron chi connectivity index (χ0n) is 7.88. The van der Waals surface area contributed by atoms with Crippen molar-refractivity contribution >= 4 is 0 Å². The van der Waals surface area contributed by atoms with Crippen molar-refractivity contribution in [3.63, 3.8) is 0 Å². The van der Waals surface area contributed by atoms with Crippen molar-refractivity contribution in [2.45, 2.75) is 51.7 Å². The Morgan fingerprint density at radius 2 is 2.09 bits per heavy atom. The fourth-order valence-corrected chi connectivity index (χ4v) is 1.93. The second kappa shape index (κ2) is 3.55. The molecule has 0 aromatic carbocycles. The predicted octanol–water partition coefficient (Wildman–Crippen LogP) is 1.21. The molecule has 11 heavy (non-hydrogen) atoms. The molecular weight excluding hydrogens is 136 g/mol. The minimum Gasteiger partial charge on any atom is -0.326 e. The Kier molecular flexibility index (Phi) is 2.90. The Bertz CT molecular complexity index is 123. The van der Waals surface area contributed by atoms with Crippen LogP contribution in [0.3, 0.4) is 0 Å². The maximum Gasteiger partial charge on any atom is 0.0221 e. The van der Waals surface area contributed by atoms with Crippen LogP contribution in [0, 0.1) is 0 Å². The number of nitrogens with two attached hydrogens (primary N) is 1. The summed E-state index contributed by atoms with van der Waals surface area (Å²) >= 11 is 0. The second-order valence-electron chi connectivity index (χ2n) is 3.88. The first-order valence-electron chi connectivity index (χ1n) is 4.64. The van der Waals surface area contributed by atoms with Crippen molar-refractivity contribution in [3.05, 3.63) is 0 Å². The van der Waals surface area contributed by atoms with Gasteiger partial charge < -0.3 is 5.73 Å². The summed E-state index contributed by atoms with van der Waals surface area (Å²) in [6.45, 7) is 7.96. The molecule has 0 aliphatic carbocycles. The number of rotatable bonds is 1. The third kappa shape index (κ3) is 1.94. The molecule has 66 valence electrons. The Morgan fingerprint density at radius 1 is 1.45 bits per heavy atom. The lowest BCUT2D eigenvalue weighted by molar-refractivity contribution is 0.106. The molecular formula is C9H20N2. The summed E-state index contributed by atoms with van der Waals surface area (Å²) in [6.07, 6.45) is 2.47. The summed E-state index contributed by atoms with van der Waals surface area (Å²) in [5.41, 5.74) is 5.96. The molecule has 0 bridgehead atoms. The summed E-state index contributed by atoms with van der Waals surface area (Å²) in [4.78, 5) is 2.49. The summed E-state index contributed by atoms with van der Waals surface area (Å²) < 4.78 is 0. The first-order valence-corrected chi connectivity index (χ1v) is 4.64. The molecule has 0 aromatic rings. The number of piperidine rings is 1. The third-order valence-electron chi connectivity index (χ3n) is 2.76. The molecule has 1 aliphatic heterocycles. The topological polar surface area (TPSA) is 29.3 Å². The first-order chi connectivity index (χ1) is 5.13. The molecule has 1 aliphatic rings. The molecule has 0 amide bonds. The Morgan fingerprint density at radius 3 is 2.55 bits per heavy atom. The molecule has 2 heteroatoms. The highest BCUT2D eigenvalue weighted by Crippen LogP contribution is 2.17. The SMILES string of the molecule is CC(C)N1CCC[C@@H](N)[C@@H]1C. The molecule has 2 atom stereocenters. The van der Waals surface area contributed by atoms with Gasteiger partial charge in [0.15, 0.2) is 0 Å². The Balaban J connectivity index is 2.51. The van der Waals surface area contributed by atoms with Gasteiger partial charge in [-0.05, 0) is 40.2 Å². The lowest BCUT2D eigenvalue weighted by atomic mass is 9.97. The Labute approximate surface area is 69.8 Å². The Hall–Kier alpha value is -0.0800. The van der Waals surface area contributed by atoms with Crippen LogP contribution in [0.5, 0.6) is 0 Å². The highest BCUT2D eigenvalue weighted by Gasteiger charge is 2.26. The van der Waals surface area contributed by atoms with E-state index in [2.05, 4.69) is 25.7 Å².